The van der Waals surface area contributed by atoms with E-state index in [4.69, 9.17) is 46.4 Å². The second kappa shape index (κ2) is 4.33. The summed E-state index contributed by atoms with van der Waals surface area (Å²) in [6, 6.07) is 0. The lowest BCUT2D eigenvalue weighted by molar-refractivity contribution is -0.532. The van der Waals surface area contributed by atoms with E-state index in [1.165, 1.54) is 13.8 Å². The summed E-state index contributed by atoms with van der Waals surface area (Å²) in [5, 5.41) is 4.03. The van der Waals surface area contributed by atoms with Gasteiger partial charge in [0.25, 0.3) is 0 Å². The molecular weight excluding hydrogens is 238 g/mol. The van der Waals surface area contributed by atoms with Crippen molar-refractivity contribution in [1.29, 1.82) is 0 Å². The van der Waals surface area contributed by atoms with Crippen LogP contribution in [0, 0.1) is 0 Å². The van der Waals surface area contributed by atoms with Crippen LogP contribution in [0.3, 0.4) is 0 Å². The first-order valence-corrected chi connectivity index (χ1v) is 4.01. The maximum atomic E-state index is 5.31. The van der Waals surface area contributed by atoms with E-state index >= 15 is 0 Å². The van der Waals surface area contributed by atoms with Gasteiger partial charge in [-0.2, -0.15) is 9.78 Å². The van der Waals surface area contributed by atoms with Crippen molar-refractivity contribution in [1.82, 2.24) is 0 Å². The highest BCUT2D eigenvalue weighted by Gasteiger charge is 2.23. The molecule has 0 aromatic rings. The summed E-state index contributed by atoms with van der Waals surface area (Å²) < 4.78 is -3.00. The molecule has 0 aliphatic heterocycles. The maximum Gasteiger partial charge on any atom is 0.250 e. The minimum Gasteiger partial charge on any atom is -0.167 e. The summed E-state index contributed by atoms with van der Waals surface area (Å²) in [7, 11) is 0. The van der Waals surface area contributed by atoms with Gasteiger partial charge >= 0.3 is 0 Å². The zero-order chi connectivity index (χ0) is 9.12. The third-order valence-corrected chi connectivity index (χ3v) is 0.613. The van der Waals surface area contributed by atoms with Gasteiger partial charge in [-0.15, -0.1) is 0 Å². The van der Waals surface area contributed by atoms with E-state index in [1.807, 2.05) is 0 Å². The molecule has 0 radical (unpaired) electrons. The van der Waals surface area contributed by atoms with Gasteiger partial charge in [0.15, 0.2) is 0 Å². The molecule has 0 fully saturated rings. The maximum absolute atomic E-state index is 5.31. The molecule has 0 aliphatic carbocycles. The van der Waals surface area contributed by atoms with Gasteiger partial charge in [0.05, 0.1) is 0 Å². The van der Waals surface area contributed by atoms with Crippen LogP contribution in [0.4, 0.5) is 0 Å². The SMILES string of the molecule is CC(Cl)(Cl)OOOC(C)(Cl)Cl. The van der Waals surface area contributed by atoms with E-state index < -0.39 is 9.04 Å². The molecule has 0 rings (SSSR count). The van der Waals surface area contributed by atoms with Gasteiger partial charge in [-0.1, -0.05) is 51.4 Å². The van der Waals surface area contributed by atoms with E-state index in [0.717, 1.165) is 0 Å². The Bertz CT molecular complexity index is 101. The van der Waals surface area contributed by atoms with Crippen LogP contribution in [0.2, 0.25) is 0 Å². The molecule has 0 heterocycles. The van der Waals surface area contributed by atoms with Crippen molar-refractivity contribution in [3.8, 4) is 0 Å². The molecule has 0 aromatic carbocycles. The predicted octanol–water partition coefficient (Wildman–Crippen LogP) is 3.17. The number of halogens is 4. The van der Waals surface area contributed by atoms with Gasteiger partial charge in [0.2, 0.25) is 9.04 Å². The molecule has 0 aliphatic rings. The van der Waals surface area contributed by atoms with Crippen molar-refractivity contribution in [2.75, 3.05) is 0 Å². The van der Waals surface area contributed by atoms with Crippen molar-refractivity contribution in [2.24, 2.45) is 0 Å². The molecule has 0 unspecified atom stereocenters. The summed E-state index contributed by atoms with van der Waals surface area (Å²) in [5.74, 6) is 0. The number of rotatable bonds is 4. The Morgan fingerprint density at radius 2 is 1.09 bits per heavy atom. The summed E-state index contributed by atoms with van der Waals surface area (Å²) in [5.41, 5.74) is 0. The first kappa shape index (κ1) is 12.0. The van der Waals surface area contributed by atoms with Gasteiger partial charge in [-0.25, -0.2) is 0 Å². The average Bonchev–Trinajstić information content (AvgIpc) is 1.55. The van der Waals surface area contributed by atoms with Crippen LogP contribution in [-0.2, 0) is 14.8 Å². The minimum absolute atomic E-state index is 1.33. The lowest BCUT2D eigenvalue weighted by Crippen LogP contribution is -2.18. The van der Waals surface area contributed by atoms with E-state index in [0.29, 0.717) is 0 Å². The predicted molar refractivity (Wildman–Crippen MR) is 43.5 cm³/mol. The molecule has 11 heavy (non-hydrogen) atoms. The Kier molecular flexibility index (Phi) is 4.73. The van der Waals surface area contributed by atoms with Crippen LogP contribution in [0.1, 0.15) is 13.8 Å². The van der Waals surface area contributed by atoms with E-state index in [1.54, 1.807) is 0 Å². The fourth-order valence-electron chi connectivity index (χ4n) is 0.136. The molecule has 3 nitrogen and oxygen atoms in total. The molecule has 0 N–H and O–H groups in total. The van der Waals surface area contributed by atoms with Crippen molar-refractivity contribution >= 4 is 46.4 Å². The van der Waals surface area contributed by atoms with Crippen LogP contribution in [0.25, 0.3) is 0 Å². The average molecular weight is 244 g/mol. The molecule has 0 spiro atoms. The number of hydrogen-bond donors (Lipinski definition) is 0. The Morgan fingerprint density at radius 3 is 1.27 bits per heavy atom. The highest BCUT2D eigenvalue weighted by atomic mass is 35.5. The molecular formula is C4H6Cl4O3. The van der Waals surface area contributed by atoms with Crippen LogP contribution in [-0.4, -0.2) is 9.04 Å². The van der Waals surface area contributed by atoms with Crippen molar-refractivity contribution in [3.05, 3.63) is 0 Å². The fourth-order valence-corrected chi connectivity index (χ4v) is 0.239. The van der Waals surface area contributed by atoms with Crippen molar-refractivity contribution in [3.63, 3.8) is 0 Å². The van der Waals surface area contributed by atoms with Gasteiger partial charge < -0.3 is 0 Å². The third-order valence-electron chi connectivity index (χ3n) is 0.361. The van der Waals surface area contributed by atoms with Crippen LogP contribution in [0.5, 0.6) is 0 Å². The normalized spacial score (nSPS) is 13.6. The number of alkyl halides is 4. The molecule has 68 valence electrons. The second-order valence-corrected chi connectivity index (χ2v) is 5.12. The van der Waals surface area contributed by atoms with Gasteiger partial charge in [-0.05, 0) is 13.8 Å². The van der Waals surface area contributed by atoms with Crippen LogP contribution in [0.15, 0.2) is 0 Å². The monoisotopic (exact) mass is 242 g/mol. The molecule has 0 amide bonds. The second-order valence-electron chi connectivity index (χ2n) is 1.85. The third kappa shape index (κ3) is 11.0. The van der Waals surface area contributed by atoms with Crippen molar-refractivity contribution in [2.45, 2.75) is 22.9 Å². The smallest absolute Gasteiger partial charge is 0.167 e. The fraction of sp³-hybridized carbons (Fsp3) is 1.00. The topological polar surface area (TPSA) is 27.7 Å². The molecule has 0 saturated heterocycles. The van der Waals surface area contributed by atoms with Crippen LogP contribution >= 0.6 is 46.4 Å². The van der Waals surface area contributed by atoms with Gasteiger partial charge in [0.1, 0.15) is 0 Å². The zero-order valence-corrected chi connectivity index (χ0v) is 8.76. The lowest BCUT2D eigenvalue weighted by atomic mass is 10.9. The lowest BCUT2D eigenvalue weighted by Gasteiger charge is -2.15. The Labute approximate surface area is 84.2 Å². The zero-order valence-electron chi connectivity index (χ0n) is 5.74. The Balaban J connectivity index is 3.44. The van der Waals surface area contributed by atoms with E-state index in [9.17, 15) is 0 Å². The highest BCUT2D eigenvalue weighted by Crippen LogP contribution is 2.25. The van der Waals surface area contributed by atoms with E-state index in [-0.39, 0.29) is 0 Å². The highest BCUT2D eigenvalue weighted by molar-refractivity contribution is 6.47. The summed E-state index contributed by atoms with van der Waals surface area (Å²) in [6.45, 7) is 2.67. The van der Waals surface area contributed by atoms with Crippen molar-refractivity contribution < 1.29 is 14.8 Å². The molecule has 7 heteroatoms. The standard InChI is InChI=1S/C4H6Cl4O3/c1-3(5,6)9-11-10-4(2,7)8/h1-2H3. The van der Waals surface area contributed by atoms with E-state index in [2.05, 4.69) is 14.8 Å². The summed E-state index contributed by atoms with van der Waals surface area (Å²) in [6.07, 6.45) is 0. The summed E-state index contributed by atoms with van der Waals surface area (Å²) in [4.78, 5) is 8.49. The molecule has 0 saturated carbocycles. The molecule has 0 bridgehead atoms. The number of hydrogen-bond acceptors (Lipinski definition) is 3. The Hall–Kier alpha value is 1.04. The van der Waals surface area contributed by atoms with Gasteiger partial charge in [-0.3, -0.25) is 0 Å². The summed E-state index contributed by atoms with van der Waals surface area (Å²) >= 11 is 21.3. The van der Waals surface area contributed by atoms with Crippen LogP contribution < -0.4 is 0 Å². The first-order valence-electron chi connectivity index (χ1n) is 2.50. The quantitative estimate of drug-likeness (QED) is 0.431. The van der Waals surface area contributed by atoms with Gasteiger partial charge in [0, 0.05) is 0 Å². The largest absolute Gasteiger partial charge is 0.250 e. The molecule has 0 aromatic heterocycles. The first-order chi connectivity index (χ1) is 4.71. The Morgan fingerprint density at radius 1 is 0.818 bits per heavy atom. The minimum atomic E-state index is -1.50. The molecule has 0 atom stereocenters.